The lowest BCUT2D eigenvalue weighted by Gasteiger charge is -2.26. The van der Waals surface area contributed by atoms with Crippen LogP contribution >= 0.6 is 0 Å². The Morgan fingerprint density at radius 2 is 1.93 bits per heavy atom. The highest BCUT2D eigenvalue weighted by molar-refractivity contribution is 5.96. The van der Waals surface area contributed by atoms with Gasteiger partial charge in [0, 0.05) is 5.56 Å². The van der Waals surface area contributed by atoms with Crippen molar-refractivity contribution in [3.63, 3.8) is 0 Å². The Bertz CT molecular complexity index is 903. The van der Waals surface area contributed by atoms with E-state index in [2.05, 4.69) is 11.4 Å². The number of hydrogen-bond acceptors (Lipinski definition) is 4. The Labute approximate surface area is 158 Å². The summed E-state index contributed by atoms with van der Waals surface area (Å²) in [5.74, 6) is -0.0748. The average Bonchev–Trinajstić information content (AvgIpc) is 2.72. The highest BCUT2D eigenvalue weighted by Crippen LogP contribution is 2.29. The van der Waals surface area contributed by atoms with Crippen molar-refractivity contribution >= 4 is 18.0 Å². The van der Waals surface area contributed by atoms with Gasteiger partial charge < -0.3 is 14.8 Å². The molecule has 0 radical (unpaired) electrons. The van der Waals surface area contributed by atoms with Crippen LogP contribution in [0.1, 0.15) is 35.6 Å². The molecular formula is C22H21NO4. The molecule has 5 heteroatoms. The number of carbonyl (C=O) groups excluding carboxylic acids is 2. The highest BCUT2D eigenvalue weighted by atomic mass is 16.5. The van der Waals surface area contributed by atoms with E-state index in [1.54, 1.807) is 6.08 Å². The number of esters is 1. The van der Waals surface area contributed by atoms with Gasteiger partial charge in [0.2, 0.25) is 0 Å². The molecular weight excluding hydrogens is 342 g/mol. The molecule has 138 valence electrons. The fraction of sp³-hybridized carbons (Fsp3) is 0.273. The van der Waals surface area contributed by atoms with Crippen molar-refractivity contribution in [2.24, 2.45) is 0 Å². The number of ether oxygens (including phenoxy) is 2. The molecule has 2 aliphatic rings. The molecule has 1 aliphatic heterocycles. The first-order valence-electron chi connectivity index (χ1n) is 9.17. The van der Waals surface area contributed by atoms with Crippen LogP contribution in [-0.2, 0) is 20.7 Å². The summed E-state index contributed by atoms with van der Waals surface area (Å²) >= 11 is 0. The first-order chi connectivity index (χ1) is 13.2. The van der Waals surface area contributed by atoms with Gasteiger partial charge in [0.25, 0.3) is 5.91 Å². The lowest BCUT2D eigenvalue weighted by atomic mass is 9.88. The fourth-order valence-electron chi connectivity index (χ4n) is 3.60. The van der Waals surface area contributed by atoms with Crippen molar-refractivity contribution in [2.45, 2.75) is 25.3 Å². The Balaban J connectivity index is 1.34. The predicted octanol–water partition coefficient (Wildman–Crippen LogP) is 3.20. The molecule has 5 nitrogen and oxygen atoms in total. The monoisotopic (exact) mass is 363 g/mol. The van der Waals surface area contributed by atoms with Gasteiger partial charge in [0.1, 0.15) is 12.4 Å². The smallest absolute Gasteiger partial charge is 0.338 e. The van der Waals surface area contributed by atoms with Crippen LogP contribution in [0.25, 0.3) is 6.08 Å². The van der Waals surface area contributed by atoms with Crippen molar-refractivity contribution in [1.29, 1.82) is 0 Å². The number of rotatable bonds is 4. The summed E-state index contributed by atoms with van der Waals surface area (Å²) in [4.78, 5) is 24.5. The van der Waals surface area contributed by atoms with Crippen LogP contribution in [0.15, 0.2) is 54.1 Å². The van der Waals surface area contributed by atoms with Crippen LogP contribution in [0.3, 0.4) is 0 Å². The lowest BCUT2D eigenvalue weighted by molar-refractivity contribution is -0.145. The number of nitrogens with one attached hydrogen (secondary N) is 1. The molecule has 1 atom stereocenters. The SMILES string of the molecule is O=C(COC(=O)C1=Cc2ccccc2OC1)NC1CCCc2ccccc21. The molecule has 2 aromatic carbocycles. The van der Waals surface area contributed by atoms with Crippen LogP contribution in [0, 0.1) is 0 Å². The predicted molar refractivity (Wildman–Crippen MR) is 101 cm³/mol. The van der Waals surface area contributed by atoms with Crippen LogP contribution < -0.4 is 10.1 Å². The van der Waals surface area contributed by atoms with Crippen molar-refractivity contribution < 1.29 is 19.1 Å². The topological polar surface area (TPSA) is 64.6 Å². The van der Waals surface area contributed by atoms with E-state index in [-0.39, 0.29) is 25.2 Å². The third-order valence-electron chi connectivity index (χ3n) is 4.93. The van der Waals surface area contributed by atoms with Crippen molar-refractivity contribution in [2.75, 3.05) is 13.2 Å². The minimum atomic E-state index is -0.524. The first-order valence-corrected chi connectivity index (χ1v) is 9.17. The highest BCUT2D eigenvalue weighted by Gasteiger charge is 2.23. The number of hydrogen-bond donors (Lipinski definition) is 1. The van der Waals surface area contributed by atoms with Gasteiger partial charge >= 0.3 is 5.97 Å². The second kappa shape index (κ2) is 7.66. The van der Waals surface area contributed by atoms with Crippen LogP contribution in [0.2, 0.25) is 0 Å². The minimum Gasteiger partial charge on any atom is -0.488 e. The van der Waals surface area contributed by atoms with Crippen molar-refractivity contribution in [1.82, 2.24) is 5.32 Å². The number of fused-ring (bicyclic) bond motifs is 2. The minimum absolute atomic E-state index is 0.0229. The van der Waals surface area contributed by atoms with Gasteiger partial charge in [0.15, 0.2) is 6.61 Å². The Hall–Kier alpha value is -3.08. The molecule has 0 saturated carbocycles. The largest absolute Gasteiger partial charge is 0.488 e. The van der Waals surface area contributed by atoms with Crippen LogP contribution in [-0.4, -0.2) is 25.1 Å². The van der Waals surface area contributed by atoms with E-state index in [1.165, 1.54) is 5.56 Å². The number of para-hydroxylation sites is 1. The molecule has 0 spiro atoms. The molecule has 0 bridgehead atoms. The molecule has 2 aromatic rings. The molecule has 4 rings (SSSR count). The average molecular weight is 363 g/mol. The van der Waals surface area contributed by atoms with E-state index >= 15 is 0 Å². The molecule has 1 N–H and O–H groups in total. The summed E-state index contributed by atoms with van der Waals surface area (Å²) < 4.78 is 10.7. The Kier molecular flexibility index (Phi) is 4.92. The van der Waals surface area contributed by atoms with Gasteiger partial charge in [-0.25, -0.2) is 4.79 Å². The van der Waals surface area contributed by atoms with Crippen LogP contribution in [0.5, 0.6) is 5.75 Å². The van der Waals surface area contributed by atoms with Gasteiger partial charge in [-0.2, -0.15) is 0 Å². The number of carbonyl (C=O) groups is 2. The quantitative estimate of drug-likeness (QED) is 0.848. The molecule has 0 fully saturated rings. The van der Waals surface area contributed by atoms with Crippen molar-refractivity contribution in [3.05, 3.63) is 70.8 Å². The third kappa shape index (κ3) is 3.87. The zero-order valence-corrected chi connectivity index (χ0v) is 14.9. The van der Waals surface area contributed by atoms with Gasteiger partial charge in [-0.3, -0.25) is 4.79 Å². The summed E-state index contributed by atoms with van der Waals surface area (Å²) in [6.45, 7) is -0.149. The van der Waals surface area contributed by atoms with E-state index in [0.717, 1.165) is 36.1 Å². The Morgan fingerprint density at radius 3 is 2.85 bits per heavy atom. The molecule has 1 heterocycles. The second-order valence-electron chi connectivity index (χ2n) is 6.78. The maximum atomic E-state index is 12.3. The lowest BCUT2D eigenvalue weighted by Crippen LogP contribution is -2.34. The van der Waals surface area contributed by atoms with Gasteiger partial charge in [-0.05, 0) is 42.5 Å². The van der Waals surface area contributed by atoms with Gasteiger partial charge in [-0.1, -0.05) is 42.5 Å². The second-order valence-corrected chi connectivity index (χ2v) is 6.78. The summed E-state index contributed by atoms with van der Waals surface area (Å²) in [6, 6.07) is 15.6. The maximum absolute atomic E-state index is 12.3. The number of aryl methyl sites for hydroxylation is 1. The molecule has 0 saturated heterocycles. The van der Waals surface area contributed by atoms with Gasteiger partial charge in [0.05, 0.1) is 11.6 Å². The molecule has 1 amide bonds. The molecule has 27 heavy (non-hydrogen) atoms. The van der Waals surface area contributed by atoms with Gasteiger partial charge in [-0.15, -0.1) is 0 Å². The summed E-state index contributed by atoms with van der Waals surface area (Å²) in [5.41, 5.74) is 3.67. The van der Waals surface area contributed by atoms with E-state index in [1.807, 2.05) is 42.5 Å². The normalized spacial score (nSPS) is 17.6. The maximum Gasteiger partial charge on any atom is 0.338 e. The number of amides is 1. The zero-order valence-electron chi connectivity index (χ0n) is 14.9. The summed E-state index contributed by atoms with van der Waals surface area (Å²) in [7, 11) is 0. The fourth-order valence-corrected chi connectivity index (χ4v) is 3.60. The number of benzene rings is 2. The van der Waals surface area contributed by atoms with E-state index in [4.69, 9.17) is 9.47 Å². The van der Waals surface area contributed by atoms with Crippen LogP contribution in [0.4, 0.5) is 0 Å². The van der Waals surface area contributed by atoms with E-state index < -0.39 is 5.97 Å². The third-order valence-corrected chi connectivity index (χ3v) is 4.93. The Morgan fingerprint density at radius 1 is 1.11 bits per heavy atom. The first kappa shape index (κ1) is 17.3. The molecule has 1 unspecified atom stereocenters. The zero-order chi connectivity index (χ0) is 18.6. The summed E-state index contributed by atoms with van der Waals surface area (Å²) in [5, 5.41) is 2.98. The summed E-state index contributed by atoms with van der Waals surface area (Å²) in [6.07, 6.45) is 4.71. The molecule has 0 aromatic heterocycles. The van der Waals surface area contributed by atoms with E-state index in [0.29, 0.717) is 5.57 Å². The van der Waals surface area contributed by atoms with E-state index in [9.17, 15) is 9.59 Å². The standard InChI is InChI=1S/C22H21NO4/c24-21(23-19-10-5-8-15-6-1-3-9-18(15)19)14-27-22(25)17-12-16-7-2-4-11-20(16)26-13-17/h1-4,6-7,9,11-12,19H,5,8,10,13-14H2,(H,23,24). The van der Waals surface area contributed by atoms with Crippen molar-refractivity contribution in [3.8, 4) is 5.75 Å². The molecule has 1 aliphatic carbocycles.